The highest BCUT2D eigenvalue weighted by molar-refractivity contribution is 14.0. The molecule has 1 aliphatic heterocycles. The van der Waals surface area contributed by atoms with Crippen LogP contribution >= 0.6 is 24.0 Å². The van der Waals surface area contributed by atoms with Crippen LogP contribution in [0.3, 0.4) is 0 Å². The molecule has 2 fully saturated rings. The third kappa shape index (κ3) is 6.94. The number of benzene rings is 1. The van der Waals surface area contributed by atoms with E-state index < -0.39 is 0 Å². The maximum absolute atomic E-state index is 12.6. The van der Waals surface area contributed by atoms with Gasteiger partial charge in [-0.25, -0.2) is 0 Å². The SMILES string of the molecule is CN=C(NCCOc1cccc(OC)c1)NC1CCN(C(=O)C2CCCC2)C1.I. The first kappa shape index (κ1) is 23.6. The lowest BCUT2D eigenvalue weighted by molar-refractivity contribution is -0.134. The number of aliphatic imine (C=N–C) groups is 1. The molecule has 0 bridgehead atoms. The lowest BCUT2D eigenvalue weighted by Gasteiger charge is -2.21. The van der Waals surface area contributed by atoms with Gasteiger partial charge in [-0.15, -0.1) is 24.0 Å². The summed E-state index contributed by atoms with van der Waals surface area (Å²) in [6, 6.07) is 7.81. The average molecular weight is 516 g/mol. The highest BCUT2D eigenvalue weighted by Crippen LogP contribution is 2.27. The van der Waals surface area contributed by atoms with Gasteiger partial charge in [0.1, 0.15) is 18.1 Å². The van der Waals surface area contributed by atoms with Gasteiger partial charge >= 0.3 is 0 Å². The molecule has 29 heavy (non-hydrogen) atoms. The van der Waals surface area contributed by atoms with Crippen LogP contribution in [0.1, 0.15) is 32.1 Å². The molecule has 162 valence electrons. The van der Waals surface area contributed by atoms with Gasteiger partial charge in [0, 0.05) is 38.2 Å². The molecular formula is C21H33IN4O3. The molecule has 1 amide bonds. The van der Waals surface area contributed by atoms with Crippen molar-refractivity contribution >= 4 is 35.8 Å². The molecule has 8 heteroatoms. The second-order valence-corrected chi connectivity index (χ2v) is 7.42. The second kappa shape index (κ2) is 12.1. The molecule has 1 heterocycles. The summed E-state index contributed by atoms with van der Waals surface area (Å²) in [5, 5.41) is 6.70. The lowest BCUT2D eigenvalue weighted by Crippen LogP contribution is -2.46. The van der Waals surface area contributed by atoms with Gasteiger partial charge in [-0.05, 0) is 31.4 Å². The molecule has 1 atom stereocenters. The second-order valence-electron chi connectivity index (χ2n) is 7.42. The maximum atomic E-state index is 12.6. The number of nitrogens with zero attached hydrogens (tertiary/aromatic N) is 2. The van der Waals surface area contributed by atoms with Gasteiger partial charge in [0.05, 0.1) is 13.7 Å². The Morgan fingerprint density at radius 3 is 2.72 bits per heavy atom. The van der Waals surface area contributed by atoms with E-state index in [1.165, 1.54) is 12.8 Å². The van der Waals surface area contributed by atoms with Gasteiger partial charge in [-0.2, -0.15) is 0 Å². The first-order chi connectivity index (χ1) is 13.7. The zero-order valence-corrected chi connectivity index (χ0v) is 19.7. The summed E-state index contributed by atoms with van der Waals surface area (Å²) in [4.78, 5) is 18.9. The van der Waals surface area contributed by atoms with Gasteiger partial charge < -0.3 is 25.0 Å². The molecule has 0 spiro atoms. The number of guanidine groups is 1. The van der Waals surface area contributed by atoms with Crippen molar-refractivity contribution in [1.82, 2.24) is 15.5 Å². The fourth-order valence-corrected chi connectivity index (χ4v) is 3.93. The van der Waals surface area contributed by atoms with Gasteiger partial charge in [-0.3, -0.25) is 9.79 Å². The highest BCUT2D eigenvalue weighted by atomic mass is 127. The van der Waals surface area contributed by atoms with Crippen molar-refractivity contribution < 1.29 is 14.3 Å². The number of halogens is 1. The third-order valence-corrected chi connectivity index (χ3v) is 5.47. The molecule has 1 aromatic carbocycles. The number of ether oxygens (including phenoxy) is 2. The molecule has 2 aliphatic rings. The van der Waals surface area contributed by atoms with Gasteiger partial charge in [0.2, 0.25) is 5.91 Å². The molecular weight excluding hydrogens is 483 g/mol. The van der Waals surface area contributed by atoms with Crippen LogP contribution in [0.4, 0.5) is 0 Å². The van der Waals surface area contributed by atoms with Crippen molar-refractivity contribution in [3.63, 3.8) is 0 Å². The standard InChI is InChI=1S/C21H32N4O3.HI/c1-22-21(23-11-13-28-19-9-5-8-18(14-19)27-2)24-17-10-12-25(15-17)20(26)16-6-3-4-7-16;/h5,8-9,14,16-17H,3-4,6-7,10-13,15H2,1-2H3,(H2,22,23,24);1H. The summed E-state index contributed by atoms with van der Waals surface area (Å²) < 4.78 is 10.9. The molecule has 1 aromatic rings. The smallest absolute Gasteiger partial charge is 0.225 e. The number of carbonyl (C=O) groups is 1. The quantitative estimate of drug-likeness (QED) is 0.252. The summed E-state index contributed by atoms with van der Waals surface area (Å²) in [7, 11) is 3.40. The number of hydrogen-bond acceptors (Lipinski definition) is 4. The Morgan fingerprint density at radius 2 is 2.00 bits per heavy atom. The minimum atomic E-state index is 0. The Balaban J connectivity index is 0.00000300. The fraction of sp³-hybridized carbons (Fsp3) is 0.619. The zero-order valence-electron chi connectivity index (χ0n) is 17.4. The van der Waals surface area contributed by atoms with E-state index in [0.717, 1.165) is 49.8 Å². The van der Waals surface area contributed by atoms with E-state index in [4.69, 9.17) is 9.47 Å². The maximum Gasteiger partial charge on any atom is 0.225 e. The Morgan fingerprint density at radius 1 is 1.24 bits per heavy atom. The monoisotopic (exact) mass is 516 g/mol. The van der Waals surface area contributed by atoms with Crippen molar-refractivity contribution in [3.05, 3.63) is 24.3 Å². The van der Waals surface area contributed by atoms with Crippen LogP contribution in [-0.2, 0) is 4.79 Å². The van der Waals surface area contributed by atoms with Crippen LogP contribution in [0, 0.1) is 5.92 Å². The lowest BCUT2D eigenvalue weighted by atomic mass is 10.1. The molecule has 1 unspecified atom stereocenters. The van der Waals surface area contributed by atoms with E-state index in [2.05, 4.69) is 15.6 Å². The van der Waals surface area contributed by atoms with Crippen LogP contribution in [-0.4, -0.2) is 63.2 Å². The van der Waals surface area contributed by atoms with Crippen molar-refractivity contribution in [3.8, 4) is 11.5 Å². The van der Waals surface area contributed by atoms with Gasteiger partial charge in [0.15, 0.2) is 5.96 Å². The topological polar surface area (TPSA) is 75.2 Å². The van der Waals surface area contributed by atoms with Crippen molar-refractivity contribution in [2.45, 2.75) is 38.1 Å². The Kier molecular flexibility index (Phi) is 9.83. The Hall–Kier alpha value is -1.71. The van der Waals surface area contributed by atoms with Crippen LogP contribution in [0.15, 0.2) is 29.3 Å². The van der Waals surface area contributed by atoms with Crippen molar-refractivity contribution in [2.24, 2.45) is 10.9 Å². The third-order valence-electron chi connectivity index (χ3n) is 5.47. The van der Waals surface area contributed by atoms with Crippen LogP contribution in [0.5, 0.6) is 11.5 Å². The molecule has 0 radical (unpaired) electrons. The van der Waals surface area contributed by atoms with E-state index in [1.807, 2.05) is 29.2 Å². The number of hydrogen-bond donors (Lipinski definition) is 2. The summed E-state index contributed by atoms with van der Waals surface area (Å²) in [5.41, 5.74) is 0. The Bertz CT molecular complexity index is 680. The largest absolute Gasteiger partial charge is 0.497 e. The molecule has 7 nitrogen and oxygen atoms in total. The van der Waals surface area contributed by atoms with Crippen LogP contribution < -0.4 is 20.1 Å². The van der Waals surface area contributed by atoms with Crippen molar-refractivity contribution in [1.29, 1.82) is 0 Å². The summed E-state index contributed by atoms with van der Waals surface area (Å²) in [5.74, 6) is 2.90. The highest BCUT2D eigenvalue weighted by Gasteiger charge is 2.32. The Labute approximate surface area is 190 Å². The van der Waals surface area contributed by atoms with E-state index in [9.17, 15) is 4.79 Å². The van der Waals surface area contributed by atoms with Crippen LogP contribution in [0.2, 0.25) is 0 Å². The predicted octanol–water partition coefficient (Wildman–Crippen LogP) is 2.65. The fourth-order valence-electron chi connectivity index (χ4n) is 3.93. The van der Waals surface area contributed by atoms with E-state index in [1.54, 1.807) is 14.2 Å². The molecule has 2 N–H and O–H groups in total. The molecule has 1 saturated carbocycles. The predicted molar refractivity (Wildman–Crippen MR) is 125 cm³/mol. The van der Waals surface area contributed by atoms with E-state index in [0.29, 0.717) is 19.1 Å². The number of nitrogens with one attached hydrogen (secondary N) is 2. The number of likely N-dealkylation sites (tertiary alicyclic amines) is 1. The number of methoxy groups -OCH3 is 1. The van der Waals surface area contributed by atoms with Crippen LogP contribution in [0.25, 0.3) is 0 Å². The van der Waals surface area contributed by atoms with Gasteiger partial charge in [0.25, 0.3) is 0 Å². The first-order valence-corrected chi connectivity index (χ1v) is 10.2. The molecule has 1 aliphatic carbocycles. The molecule has 0 aromatic heterocycles. The normalized spacial score (nSPS) is 19.6. The summed E-state index contributed by atoms with van der Waals surface area (Å²) in [6.07, 6.45) is 5.47. The first-order valence-electron chi connectivity index (χ1n) is 10.2. The summed E-state index contributed by atoms with van der Waals surface area (Å²) >= 11 is 0. The van der Waals surface area contributed by atoms with E-state index in [-0.39, 0.29) is 35.9 Å². The minimum Gasteiger partial charge on any atom is -0.497 e. The van der Waals surface area contributed by atoms with E-state index >= 15 is 0 Å². The zero-order chi connectivity index (χ0) is 19.8. The van der Waals surface area contributed by atoms with Gasteiger partial charge in [-0.1, -0.05) is 18.9 Å². The number of carbonyl (C=O) groups excluding carboxylic acids is 1. The van der Waals surface area contributed by atoms with Crippen molar-refractivity contribution in [2.75, 3.05) is 40.4 Å². The summed E-state index contributed by atoms with van der Waals surface area (Å²) in [6.45, 7) is 2.75. The average Bonchev–Trinajstić information content (AvgIpc) is 3.42. The minimum absolute atomic E-state index is 0. The molecule has 1 saturated heterocycles. The number of amides is 1. The number of rotatable bonds is 7. The molecule has 3 rings (SSSR count).